The van der Waals surface area contributed by atoms with Crippen LogP contribution in [-0.2, 0) is 0 Å². The summed E-state index contributed by atoms with van der Waals surface area (Å²) in [7, 11) is 0. The van der Waals surface area contributed by atoms with Gasteiger partial charge in [0.2, 0.25) is 0 Å². The third-order valence-corrected chi connectivity index (χ3v) is 4.86. The Bertz CT molecular complexity index is 758. The maximum Gasteiger partial charge on any atom is 0.253 e. The summed E-state index contributed by atoms with van der Waals surface area (Å²) < 4.78 is 1.89. The van der Waals surface area contributed by atoms with Gasteiger partial charge in [-0.1, -0.05) is 5.92 Å². The van der Waals surface area contributed by atoms with Crippen LogP contribution in [-0.4, -0.2) is 40.9 Å². The highest BCUT2D eigenvalue weighted by Gasteiger charge is 2.32. The number of nitrogens with one attached hydrogen (secondary N) is 1. The molecule has 2 fully saturated rings. The van der Waals surface area contributed by atoms with E-state index in [1.165, 1.54) is 19.5 Å². The minimum Gasteiger partial charge on any atom is -0.348 e. The van der Waals surface area contributed by atoms with E-state index in [-0.39, 0.29) is 11.9 Å². The molecule has 0 spiro atoms. The van der Waals surface area contributed by atoms with E-state index in [4.69, 9.17) is 6.42 Å². The molecule has 0 aliphatic carbocycles. The van der Waals surface area contributed by atoms with Crippen molar-refractivity contribution in [1.29, 1.82) is 0 Å². The SMILES string of the molecule is C#Cc1ccc2ccc(C(=O)N[C@@H]3C[C@@H]4CCN(C4)C3)cn12. The Morgan fingerprint density at radius 3 is 2.95 bits per heavy atom. The van der Waals surface area contributed by atoms with Crippen LogP contribution in [0.15, 0.2) is 30.5 Å². The van der Waals surface area contributed by atoms with Gasteiger partial charge in [0, 0.05) is 30.8 Å². The molecule has 2 aliphatic heterocycles. The van der Waals surface area contributed by atoms with Gasteiger partial charge in [0.15, 0.2) is 0 Å². The molecule has 4 heteroatoms. The summed E-state index contributed by atoms with van der Waals surface area (Å²) in [5.41, 5.74) is 2.44. The Morgan fingerprint density at radius 1 is 1.27 bits per heavy atom. The minimum absolute atomic E-state index is 0.00827. The number of amides is 1. The average Bonchev–Trinajstić information content (AvgIpc) is 3.09. The number of hydrogen-bond donors (Lipinski definition) is 1. The van der Waals surface area contributed by atoms with Crippen LogP contribution in [0, 0.1) is 18.3 Å². The summed E-state index contributed by atoms with van der Waals surface area (Å²) in [5.74, 6) is 3.38. The summed E-state index contributed by atoms with van der Waals surface area (Å²) in [4.78, 5) is 15.0. The predicted octanol–water partition coefficient (Wildman–Crippen LogP) is 1.74. The first kappa shape index (κ1) is 13.4. The number of carbonyl (C=O) groups excluding carboxylic acids is 1. The lowest BCUT2D eigenvalue weighted by Gasteiger charge is -2.30. The van der Waals surface area contributed by atoms with Crippen LogP contribution >= 0.6 is 0 Å². The van der Waals surface area contributed by atoms with Crippen molar-refractivity contribution in [2.75, 3.05) is 19.6 Å². The first-order chi connectivity index (χ1) is 10.7. The van der Waals surface area contributed by atoms with Crippen molar-refractivity contribution in [3.8, 4) is 12.3 Å². The second kappa shape index (κ2) is 5.19. The van der Waals surface area contributed by atoms with Crippen molar-refractivity contribution in [3.63, 3.8) is 0 Å². The van der Waals surface area contributed by atoms with Crippen LogP contribution in [0.25, 0.3) is 5.52 Å². The standard InChI is InChI=1S/C18H19N3O/c1-2-16-5-6-17-4-3-14(11-21(16)17)18(22)19-15-9-13-7-8-20(10-13)12-15/h1,3-6,11,13,15H,7-10,12H2,(H,19,22)/t13-,15+/m0/s1. The van der Waals surface area contributed by atoms with Crippen LogP contribution < -0.4 is 5.32 Å². The number of piperidine rings is 1. The summed E-state index contributed by atoms with van der Waals surface area (Å²) >= 11 is 0. The Balaban J connectivity index is 1.54. The summed E-state index contributed by atoms with van der Waals surface area (Å²) in [6.45, 7) is 3.36. The topological polar surface area (TPSA) is 36.8 Å². The molecule has 4 heterocycles. The van der Waals surface area contributed by atoms with Gasteiger partial charge in [0.05, 0.1) is 11.3 Å². The Labute approximate surface area is 130 Å². The normalized spacial score (nSPS) is 26.8. The first-order valence-electron chi connectivity index (χ1n) is 7.84. The minimum atomic E-state index is -0.00827. The Kier molecular flexibility index (Phi) is 3.16. The molecule has 2 aromatic heterocycles. The summed E-state index contributed by atoms with van der Waals surface area (Å²) in [6, 6.07) is 7.92. The van der Waals surface area contributed by atoms with Gasteiger partial charge in [0.1, 0.15) is 0 Å². The maximum absolute atomic E-state index is 12.5. The van der Waals surface area contributed by atoms with Crippen LogP contribution in [0.4, 0.5) is 0 Å². The molecule has 1 N–H and O–H groups in total. The highest BCUT2D eigenvalue weighted by molar-refractivity contribution is 5.94. The molecule has 4 rings (SSSR count). The van der Waals surface area contributed by atoms with Crippen LogP contribution in [0.5, 0.6) is 0 Å². The molecule has 0 radical (unpaired) electrons. The fourth-order valence-electron chi connectivity index (χ4n) is 3.79. The number of pyridine rings is 1. The highest BCUT2D eigenvalue weighted by Crippen LogP contribution is 2.26. The molecule has 2 bridgehead atoms. The van der Waals surface area contributed by atoms with Crippen molar-refractivity contribution in [2.24, 2.45) is 5.92 Å². The van der Waals surface area contributed by atoms with Crippen LogP contribution in [0.2, 0.25) is 0 Å². The van der Waals surface area contributed by atoms with Gasteiger partial charge in [-0.15, -0.1) is 6.42 Å². The molecule has 0 saturated carbocycles. The molecule has 0 aromatic carbocycles. The lowest BCUT2D eigenvalue weighted by Crippen LogP contribution is -2.47. The average molecular weight is 293 g/mol. The number of rotatable bonds is 2. The predicted molar refractivity (Wildman–Crippen MR) is 85.8 cm³/mol. The molecular weight excluding hydrogens is 274 g/mol. The molecular formula is C18H19N3O. The van der Waals surface area contributed by atoms with E-state index < -0.39 is 0 Å². The van der Waals surface area contributed by atoms with Gasteiger partial charge >= 0.3 is 0 Å². The van der Waals surface area contributed by atoms with Gasteiger partial charge in [-0.25, -0.2) is 0 Å². The largest absolute Gasteiger partial charge is 0.348 e. The fraction of sp³-hybridized carbons (Fsp3) is 0.389. The van der Waals surface area contributed by atoms with Crippen LogP contribution in [0.1, 0.15) is 28.9 Å². The van der Waals surface area contributed by atoms with Gasteiger partial charge in [-0.05, 0) is 49.6 Å². The monoisotopic (exact) mass is 293 g/mol. The van der Waals surface area contributed by atoms with Gasteiger partial charge < -0.3 is 14.6 Å². The molecule has 2 aromatic rings. The van der Waals surface area contributed by atoms with E-state index in [2.05, 4.69) is 16.1 Å². The molecule has 2 aliphatic rings. The number of nitrogens with zero attached hydrogens (tertiary/aromatic N) is 2. The van der Waals surface area contributed by atoms with Crippen molar-refractivity contribution in [3.05, 3.63) is 41.7 Å². The molecule has 2 saturated heterocycles. The number of aromatic nitrogens is 1. The van der Waals surface area contributed by atoms with Gasteiger partial charge in [0.25, 0.3) is 5.91 Å². The summed E-state index contributed by atoms with van der Waals surface area (Å²) in [5, 5.41) is 3.18. The van der Waals surface area contributed by atoms with Gasteiger partial charge in [-0.2, -0.15) is 0 Å². The highest BCUT2D eigenvalue weighted by atomic mass is 16.1. The third-order valence-electron chi connectivity index (χ3n) is 4.86. The van der Waals surface area contributed by atoms with E-state index in [1.54, 1.807) is 0 Å². The molecule has 22 heavy (non-hydrogen) atoms. The molecule has 4 nitrogen and oxygen atoms in total. The summed E-state index contributed by atoms with van der Waals surface area (Å²) in [6.07, 6.45) is 9.70. The first-order valence-corrected chi connectivity index (χ1v) is 7.84. The zero-order valence-electron chi connectivity index (χ0n) is 12.5. The Hall–Kier alpha value is -2.25. The number of hydrogen-bond acceptors (Lipinski definition) is 2. The maximum atomic E-state index is 12.5. The second-order valence-corrected chi connectivity index (χ2v) is 6.40. The third kappa shape index (κ3) is 2.28. The lowest BCUT2D eigenvalue weighted by atomic mass is 9.96. The van der Waals surface area contributed by atoms with Gasteiger partial charge in [-0.3, -0.25) is 4.79 Å². The lowest BCUT2D eigenvalue weighted by molar-refractivity contribution is 0.0909. The zero-order valence-corrected chi connectivity index (χ0v) is 12.5. The fourth-order valence-corrected chi connectivity index (χ4v) is 3.79. The molecule has 1 unspecified atom stereocenters. The van der Waals surface area contributed by atoms with Crippen LogP contribution in [0.3, 0.4) is 0 Å². The number of fused-ring (bicyclic) bond motifs is 3. The quantitative estimate of drug-likeness (QED) is 0.856. The van der Waals surface area contributed by atoms with E-state index in [0.29, 0.717) is 5.56 Å². The Morgan fingerprint density at radius 2 is 2.14 bits per heavy atom. The molecule has 112 valence electrons. The van der Waals surface area contributed by atoms with E-state index in [1.807, 2.05) is 34.9 Å². The van der Waals surface area contributed by atoms with E-state index in [0.717, 1.165) is 30.1 Å². The van der Waals surface area contributed by atoms with Crippen molar-refractivity contribution in [1.82, 2.24) is 14.6 Å². The zero-order chi connectivity index (χ0) is 15.1. The second-order valence-electron chi connectivity index (χ2n) is 6.40. The van der Waals surface area contributed by atoms with Crippen molar-refractivity contribution < 1.29 is 4.79 Å². The molecule has 3 atom stereocenters. The number of terminal acetylenes is 1. The van der Waals surface area contributed by atoms with Crippen molar-refractivity contribution in [2.45, 2.75) is 18.9 Å². The van der Waals surface area contributed by atoms with E-state index >= 15 is 0 Å². The number of carbonyl (C=O) groups is 1. The van der Waals surface area contributed by atoms with Crippen molar-refractivity contribution >= 4 is 11.4 Å². The molecule has 1 amide bonds. The smallest absolute Gasteiger partial charge is 0.253 e. The van der Waals surface area contributed by atoms with E-state index in [9.17, 15) is 4.79 Å².